The van der Waals surface area contributed by atoms with Crippen molar-refractivity contribution < 1.29 is 4.74 Å². The van der Waals surface area contributed by atoms with Gasteiger partial charge in [-0.1, -0.05) is 48.5 Å². The first-order valence-corrected chi connectivity index (χ1v) is 10.8. The number of para-hydroxylation sites is 1. The average molecular weight is 424 g/mol. The molecule has 6 nitrogen and oxygen atoms in total. The lowest BCUT2D eigenvalue weighted by atomic mass is 10.1. The van der Waals surface area contributed by atoms with Crippen LogP contribution in [0.3, 0.4) is 0 Å². The zero-order valence-electron chi connectivity index (χ0n) is 17.8. The number of nitrogen functional groups attached to an aromatic ring is 1. The lowest BCUT2D eigenvalue weighted by Gasteiger charge is -2.12. The molecule has 6 heteroatoms. The standard InChI is InChI=1S/C26H25N5O/c1-18(32-21-13-12-19-8-2-3-9-20(19)16-21)28-14-6-7-15-31-17-29-24-25(31)22-10-4-5-11-23(22)30-26(24)27/h2-5,8-13,16-17,28H,1,6-7,14-15H2,(H2,27,30). The summed E-state index contributed by atoms with van der Waals surface area (Å²) in [5.41, 5.74) is 8.82. The number of aromatic nitrogens is 3. The number of ether oxygens (including phenoxy) is 1. The second-order valence-electron chi connectivity index (χ2n) is 7.82. The molecule has 0 fully saturated rings. The van der Waals surface area contributed by atoms with Gasteiger partial charge in [-0.15, -0.1) is 0 Å². The van der Waals surface area contributed by atoms with E-state index in [4.69, 9.17) is 10.5 Å². The maximum Gasteiger partial charge on any atom is 0.186 e. The lowest BCUT2D eigenvalue weighted by Crippen LogP contribution is -2.18. The quantitative estimate of drug-likeness (QED) is 0.264. The minimum atomic E-state index is 0.473. The van der Waals surface area contributed by atoms with Crippen LogP contribution in [0.4, 0.5) is 5.82 Å². The normalized spacial score (nSPS) is 11.2. The van der Waals surface area contributed by atoms with E-state index >= 15 is 0 Å². The fraction of sp³-hybridized carbons (Fsp3) is 0.154. The number of nitrogens with two attached hydrogens (primary N) is 1. The van der Waals surface area contributed by atoms with Gasteiger partial charge in [0.2, 0.25) is 0 Å². The van der Waals surface area contributed by atoms with Crippen LogP contribution >= 0.6 is 0 Å². The molecule has 0 saturated heterocycles. The van der Waals surface area contributed by atoms with Crippen molar-refractivity contribution >= 4 is 38.5 Å². The van der Waals surface area contributed by atoms with Crippen LogP contribution in [-0.4, -0.2) is 21.1 Å². The number of rotatable bonds is 8. The van der Waals surface area contributed by atoms with Gasteiger partial charge in [0.1, 0.15) is 11.3 Å². The lowest BCUT2D eigenvalue weighted by molar-refractivity contribution is 0.380. The second-order valence-corrected chi connectivity index (χ2v) is 7.82. The number of pyridine rings is 1. The Morgan fingerprint density at radius 1 is 1.00 bits per heavy atom. The summed E-state index contributed by atoms with van der Waals surface area (Å²) >= 11 is 0. The zero-order chi connectivity index (χ0) is 21.9. The van der Waals surface area contributed by atoms with Gasteiger partial charge >= 0.3 is 0 Å². The minimum absolute atomic E-state index is 0.473. The molecule has 0 aliphatic heterocycles. The number of anilines is 1. The Hall–Kier alpha value is -4.06. The number of nitrogens with zero attached hydrogens (tertiary/aromatic N) is 3. The van der Waals surface area contributed by atoms with Crippen LogP contribution in [-0.2, 0) is 6.54 Å². The Morgan fingerprint density at radius 3 is 2.72 bits per heavy atom. The molecule has 0 amide bonds. The van der Waals surface area contributed by atoms with E-state index in [-0.39, 0.29) is 0 Å². The Kier molecular flexibility index (Phi) is 5.34. The van der Waals surface area contributed by atoms with Gasteiger partial charge < -0.3 is 20.4 Å². The first-order valence-electron chi connectivity index (χ1n) is 10.8. The molecule has 2 heterocycles. The summed E-state index contributed by atoms with van der Waals surface area (Å²) in [5.74, 6) is 1.81. The molecule has 32 heavy (non-hydrogen) atoms. The van der Waals surface area contributed by atoms with Gasteiger partial charge in [-0.2, -0.15) is 0 Å². The van der Waals surface area contributed by atoms with Crippen molar-refractivity contribution in [1.82, 2.24) is 19.9 Å². The van der Waals surface area contributed by atoms with Gasteiger partial charge in [0, 0.05) is 18.5 Å². The van der Waals surface area contributed by atoms with Crippen LogP contribution in [0.1, 0.15) is 12.8 Å². The van der Waals surface area contributed by atoms with E-state index in [1.54, 1.807) is 0 Å². The van der Waals surface area contributed by atoms with Crippen molar-refractivity contribution in [2.75, 3.05) is 12.3 Å². The summed E-state index contributed by atoms with van der Waals surface area (Å²) < 4.78 is 8.02. The van der Waals surface area contributed by atoms with Crippen LogP contribution in [0.5, 0.6) is 5.75 Å². The number of hydrogen-bond donors (Lipinski definition) is 2. The van der Waals surface area contributed by atoms with E-state index < -0.39 is 0 Å². The van der Waals surface area contributed by atoms with Crippen LogP contribution < -0.4 is 15.8 Å². The van der Waals surface area contributed by atoms with Crippen LogP contribution in [0.2, 0.25) is 0 Å². The third-order valence-electron chi connectivity index (χ3n) is 5.59. The highest BCUT2D eigenvalue weighted by Gasteiger charge is 2.11. The van der Waals surface area contributed by atoms with Gasteiger partial charge in [0.15, 0.2) is 11.7 Å². The number of hydrogen-bond acceptors (Lipinski definition) is 5. The topological polar surface area (TPSA) is 78.0 Å². The molecule has 0 saturated carbocycles. The summed E-state index contributed by atoms with van der Waals surface area (Å²) in [6, 6.07) is 22.3. The van der Waals surface area contributed by atoms with Gasteiger partial charge in [0.05, 0.1) is 17.4 Å². The molecule has 3 aromatic carbocycles. The summed E-state index contributed by atoms with van der Waals surface area (Å²) in [4.78, 5) is 8.96. The molecule has 3 N–H and O–H groups in total. The number of unbranched alkanes of at least 4 members (excludes halogenated alkanes) is 1. The number of imidazole rings is 1. The van der Waals surface area contributed by atoms with E-state index in [0.717, 1.165) is 59.0 Å². The largest absolute Gasteiger partial charge is 0.442 e. The number of nitrogens with one attached hydrogen (secondary N) is 1. The molecule has 0 aliphatic rings. The number of aryl methyl sites for hydroxylation is 1. The first-order chi connectivity index (χ1) is 15.7. The van der Waals surface area contributed by atoms with Gasteiger partial charge in [-0.3, -0.25) is 0 Å². The molecule has 0 spiro atoms. The van der Waals surface area contributed by atoms with Crippen LogP contribution in [0.15, 0.2) is 85.5 Å². The van der Waals surface area contributed by atoms with E-state index in [1.807, 2.05) is 48.8 Å². The van der Waals surface area contributed by atoms with Crippen molar-refractivity contribution in [3.63, 3.8) is 0 Å². The third-order valence-corrected chi connectivity index (χ3v) is 5.59. The smallest absolute Gasteiger partial charge is 0.186 e. The van der Waals surface area contributed by atoms with Gasteiger partial charge in [-0.05, 0) is 48.4 Å². The molecule has 5 aromatic rings. The molecule has 0 atom stereocenters. The van der Waals surface area contributed by atoms with E-state index in [2.05, 4.69) is 50.7 Å². The minimum Gasteiger partial charge on any atom is -0.442 e. The molecule has 5 rings (SSSR count). The SMILES string of the molecule is C=C(NCCCCn1cnc2c(N)nc3ccccc3c21)Oc1ccc2ccccc2c1. The molecule has 0 aliphatic carbocycles. The van der Waals surface area contributed by atoms with Crippen molar-refractivity contribution in [2.45, 2.75) is 19.4 Å². The van der Waals surface area contributed by atoms with Crippen molar-refractivity contribution in [1.29, 1.82) is 0 Å². The Bertz CT molecular complexity index is 1420. The monoisotopic (exact) mass is 423 g/mol. The summed E-state index contributed by atoms with van der Waals surface area (Å²) in [5, 5.41) is 6.67. The number of benzene rings is 3. The molecule has 0 bridgehead atoms. The Labute approximate surface area is 186 Å². The average Bonchev–Trinajstić information content (AvgIpc) is 3.24. The Morgan fingerprint density at radius 2 is 1.81 bits per heavy atom. The highest BCUT2D eigenvalue weighted by Crippen LogP contribution is 2.27. The van der Waals surface area contributed by atoms with Crippen LogP contribution in [0.25, 0.3) is 32.7 Å². The predicted molar refractivity (Wildman–Crippen MR) is 130 cm³/mol. The second kappa shape index (κ2) is 8.59. The fourth-order valence-corrected chi connectivity index (χ4v) is 4.02. The highest BCUT2D eigenvalue weighted by atomic mass is 16.5. The molecule has 160 valence electrons. The van der Waals surface area contributed by atoms with Crippen molar-refractivity contribution in [3.8, 4) is 5.75 Å². The summed E-state index contributed by atoms with van der Waals surface area (Å²) in [6.45, 7) is 5.63. The molecule has 0 radical (unpaired) electrons. The zero-order valence-corrected chi connectivity index (χ0v) is 17.8. The van der Waals surface area contributed by atoms with E-state index in [1.165, 1.54) is 5.39 Å². The predicted octanol–water partition coefficient (Wildman–Crippen LogP) is 5.24. The van der Waals surface area contributed by atoms with Gasteiger partial charge in [0.25, 0.3) is 0 Å². The molecule has 2 aromatic heterocycles. The molecular weight excluding hydrogens is 398 g/mol. The van der Waals surface area contributed by atoms with Crippen LogP contribution in [0, 0.1) is 0 Å². The van der Waals surface area contributed by atoms with E-state index in [9.17, 15) is 0 Å². The first kappa shape index (κ1) is 19.9. The maximum atomic E-state index is 6.12. The van der Waals surface area contributed by atoms with Crippen molar-refractivity contribution in [2.24, 2.45) is 0 Å². The maximum absolute atomic E-state index is 6.12. The van der Waals surface area contributed by atoms with Crippen molar-refractivity contribution in [3.05, 3.63) is 85.5 Å². The van der Waals surface area contributed by atoms with E-state index in [0.29, 0.717) is 11.7 Å². The third kappa shape index (κ3) is 3.95. The summed E-state index contributed by atoms with van der Waals surface area (Å²) in [6.07, 6.45) is 3.81. The number of fused-ring (bicyclic) bond motifs is 4. The molecular formula is C26H25N5O. The Balaban J connectivity index is 1.16. The van der Waals surface area contributed by atoms with Gasteiger partial charge in [-0.25, -0.2) is 9.97 Å². The molecule has 0 unspecified atom stereocenters. The fourth-order valence-electron chi connectivity index (χ4n) is 4.02. The highest BCUT2D eigenvalue weighted by molar-refractivity contribution is 6.06. The summed E-state index contributed by atoms with van der Waals surface area (Å²) in [7, 11) is 0.